The van der Waals surface area contributed by atoms with Gasteiger partial charge in [0.15, 0.2) is 5.16 Å². The van der Waals surface area contributed by atoms with Crippen molar-refractivity contribution in [3.8, 4) is 0 Å². The molecule has 2 aromatic rings. The summed E-state index contributed by atoms with van der Waals surface area (Å²) in [5.74, 6) is 1.38. The number of thioether (sulfide) groups is 1. The van der Waals surface area contributed by atoms with Crippen LogP contribution in [0.3, 0.4) is 0 Å². The Kier molecular flexibility index (Phi) is 6.27. The fourth-order valence-electron chi connectivity index (χ4n) is 3.66. The lowest BCUT2D eigenvalue weighted by Crippen LogP contribution is -2.43. The predicted molar refractivity (Wildman–Crippen MR) is 111 cm³/mol. The lowest BCUT2D eigenvalue weighted by Gasteiger charge is -2.35. The summed E-state index contributed by atoms with van der Waals surface area (Å²) in [6.07, 6.45) is 2.81. The van der Waals surface area contributed by atoms with Gasteiger partial charge in [0.2, 0.25) is 5.91 Å². The van der Waals surface area contributed by atoms with Crippen LogP contribution in [-0.2, 0) is 11.3 Å². The van der Waals surface area contributed by atoms with E-state index >= 15 is 0 Å². The van der Waals surface area contributed by atoms with Crippen LogP contribution >= 0.6 is 23.4 Å². The van der Waals surface area contributed by atoms with Crippen molar-refractivity contribution in [2.75, 3.05) is 18.8 Å². The first kappa shape index (κ1) is 20.0. The van der Waals surface area contributed by atoms with Gasteiger partial charge in [0.25, 0.3) is 5.56 Å². The Morgan fingerprint density at radius 2 is 2.07 bits per heavy atom. The first-order valence-electron chi connectivity index (χ1n) is 9.10. The minimum atomic E-state index is -0.147. The number of aromatic nitrogens is 2. The molecule has 1 fully saturated rings. The van der Waals surface area contributed by atoms with Gasteiger partial charge in [-0.3, -0.25) is 14.2 Å². The summed E-state index contributed by atoms with van der Waals surface area (Å²) < 4.78 is 1.56. The van der Waals surface area contributed by atoms with Crippen molar-refractivity contribution in [3.63, 3.8) is 0 Å². The Bertz CT molecular complexity index is 917. The topological polar surface area (TPSA) is 55.2 Å². The Morgan fingerprint density at radius 1 is 1.37 bits per heavy atom. The van der Waals surface area contributed by atoms with Crippen molar-refractivity contribution in [2.45, 2.75) is 32.0 Å². The van der Waals surface area contributed by atoms with Gasteiger partial charge < -0.3 is 4.90 Å². The van der Waals surface area contributed by atoms with Crippen LogP contribution in [0.15, 0.2) is 40.8 Å². The molecule has 1 saturated heterocycles. The zero-order valence-electron chi connectivity index (χ0n) is 15.7. The molecule has 1 aliphatic heterocycles. The van der Waals surface area contributed by atoms with Crippen LogP contribution < -0.4 is 5.56 Å². The Morgan fingerprint density at radius 3 is 2.74 bits per heavy atom. The van der Waals surface area contributed by atoms with Crippen molar-refractivity contribution in [1.29, 1.82) is 0 Å². The monoisotopic (exact) mass is 405 g/mol. The minimum absolute atomic E-state index is 0.0870. The minimum Gasteiger partial charge on any atom is -0.341 e. The van der Waals surface area contributed by atoms with Gasteiger partial charge in [-0.05, 0) is 36.5 Å². The maximum absolute atomic E-state index is 12.8. The molecule has 0 radical (unpaired) electrons. The van der Waals surface area contributed by atoms with Crippen LogP contribution in [0, 0.1) is 11.8 Å². The summed E-state index contributed by atoms with van der Waals surface area (Å²) in [6.45, 7) is 10.0. The molecule has 0 saturated carbocycles. The molecule has 3 rings (SSSR count). The second kappa shape index (κ2) is 8.48. The normalized spacial score (nSPS) is 20.0. The van der Waals surface area contributed by atoms with E-state index in [2.05, 4.69) is 25.4 Å². The van der Waals surface area contributed by atoms with E-state index < -0.39 is 0 Å². The summed E-state index contributed by atoms with van der Waals surface area (Å²) in [5.41, 5.74) is 0.398. The molecule has 1 aromatic heterocycles. The molecule has 144 valence electrons. The fourth-order valence-corrected chi connectivity index (χ4v) is 4.74. The summed E-state index contributed by atoms with van der Waals surface area (Å²) in [5, 5.41) is 1.55. The fraction of sp³-hybridized carbons (Fsp3) is 0.450. The molecule has 0 N–H and O–H groups in total. The Labute approximate surface area is 168 Å². The van der Waals surface area contributed by atoms with Gasteiger partial charge in [0, 0.05) is 24.7 Å². The number of rotatable bonds is 5. The number of hydrogen-bond acceptors (Lipinski definition) is 4. The van der Waals surface area contributed by atoms with E-state index in [1.165, 1.54) is 11.8 Å². The first-order valence-corrected chi connectivity index (χ1v) is 10.5. The summed E-state index contributed by atoms with van der Waals surface area (Å²) in [7, 11) is 0. The molecule has 5 nitrogen and oxygen atoms in total. The highest BCUT2D eigenvalue weighted by atomic mass is 35.5. The molecule has 7 heteroatoms. The van der Waals surface area contributed by atoms with E-state index in [1.807, 2.05) is 4.90 Å². The number of halogens is 1. The van der Waals surface area contributed by atoms with E-state index in [4.69, 9.17) is 11.6 Å². The predicted octanol–water partition coefficient (Wildman–Crippen LogP) is 3.83. The average molecular weight is 406 g/mol. The largest absolute Gasteiger partial charge is 0.341 e. The number of fused-ring (bicyclic) bond motifs is 1. The van der Waals surface area contributed by atoms with Crippen LogP contribution in [0.5, 0.6) is 0 Å². The van der Waals surface area contributed by atoms with E-state index in [9.17, 15) is 9.59 Å². The maximum atomic E-state index is 12.8. The number of likely N-dealkylation sites (tertiary alicyclic amines) is 1. The van der Waals surface area contributed by atoms with Crippen LogP contribution in [0.2, 0.25) is 5.02 Å². The van der Waals surface area contributed by atoms with Gasteiger partial charge in [-0.2, -0.15) is 0 Å². The molecule has 1 aromatic carbocycles. The summed E-state index contributed by atoms with van der Waals surface area (Å²) in [4.78, 5) is 32.0. The van der Waals surface area contributed by atoms with Gasteiger partial charge in [0.05, 0.1) is 16.7 Å². The number of piperidine rings is 1. The lowest BCUT2D eigenvalue weighted by atomic mass is 9.92. The van der Waals surface area contributed by atoms with Crippen LogP contribution in [0.25, 0.3) is 10.9 Å². The molecule has 1 amide bonds. The molecule has 1 aliphatic rings. The van der Waals surface area contributed by atoms with Crippen molar-refractivity contribution < 1.29 is 4.79 Å². The van der Waals surface area contributed by atoms with E-state index in [1.54, 1.807) is 28.8 Å². The summed E-state index contributed by atoms with van der Waals surface area (Å²) >= 11 is 7.34. The number of carbonyl (C=O) groups is 1. The van der Waals surface area contributed by atoms with Gasteiger partial charge in [-0.1, -0.05) is 43.3 Å². The third kappa shape index (κ3) is 4.55. The van der Waals surface area contributed by atoms with Gasteiger partial charge >= 0.3 is 0 Å². The van der Waals surface area contributed by atoms with E-state index in [0.717, 1.165) is 19.5 Å². The van der Waals surface area contributed by atoms with Gasteiger partial charge in [-0.15, -0.1) is 6.58 Å². The molecule has 2 atom stereocenters. The van der Waals surface area contributed by atoms with E-state index in [0.29, 0.717) is 39.5 Å². The number of hydrogen-bond donors (Lipinski definition) is 0. The van der Waals surface area contributed by atoms with Crippen molar-refractivity contribution in [1.82, 2.24) is 14.5 Å². The second-order valence-corrected chi connectivity index (χ2v) is 8.67. The van der Waals surface area contributed by atoms with Crippen LogP contribution in [0.1, 0.15) is 20.3 Å². The average Bonchev–Trinajstić information content (AvgIpc) is 2.61. The molecule has 27 heavy (non-hydrogen) atoms. The summed E-state index contributed by atoms with van der Waals surface area (Å²) in [6, 6.07) is 5.04. The third-order valence-corrected chi connectivity index (χ3v) is 5.94. The highest BCUT2D eigenvalue weighted by Gasteiger charge is 2.25. The number of benzene rings is 1. The smallest absolute Gasteiger partial charge is 0.262 e. The number of allylic oxidation sites excluding steroid dienone is 1. The first-order chi connectivity index (χ1) is 12.9. The molecular formula is C20H24ClN3O2S. The standard InChI is InChI=1S/C20H24ClN3O2S/c1-4-7-24-19(26)16-6-5-15(21)9-17(16)22-20(24)27-12-18(25)23-10-13(2)8-14(3)11-23/h4-6,9,13-14H,1,7-8,10-12H2,2-3H3. The SMILES string of the molecule is C=CCn1c(SCC(=O)N2CC(C)CC(C)C2)nc2cc(Cl)ccc2c1=O. The quantitative estimate of drug-likeness (QED) is 0.431. The number of amides is 1. The number of nitrogens with zero attached hydrogens (tertiary/aromatic N) is 3. The highest BCUT2D eigenvalue weighted by molar-refractivity contribution is 7.99. The van der Waals surface area contributed by atoms with Gasteiger partial charge in [-0.25, -0.2) is 4.98 Å². The number of carbonyl (C=O) groups excluding carboxylic acids is 1. The van der Waals surface area contributed by atoms with Crippen molar-refractivity contribution >= 4 is 40.2 Å². The molecule has 2 heterocycles. The molecule has 0 bridgehead atoms. The zero-order valence-corrected chi connectivity index (χ0v) is 17.2. The molecule has 2 unspecified atom stereocenters. The lowest BCUT2D eigenvalue weighted by molar-refractivity contribution is -0.130. The van der Waals surface area contributed by atoms with Crippen molar-refractivity contribution in [2.24, 2.45) is 11.8 Å². The Hall–Kier alpha value is -1.79. The third-order valence-electron chi connectivity index (χ3n) is 4.74. The Balaban J connectivity index is 1.85. The van der Waals surface area contributed by atoms with E-state index in [-0.39, 0.29) is 17.2 Å². The zero-order chi connectivity index (χ0) is 19.6. The highest BCUT2D eigenvalue weighted by Crippen LogP contribution is 2.24. The maximum Gasteiger partial charge on any atom is 0.262 e. The molecule has 0 aliphatic carbocycles. The second-order valence-electron chi connectivity index (χ2n) is 7.29. The van der Waals surface area contributed by atoms with Crippen molar-refractivity contribution in [3.05, 3.63) is 46.2 Å². The molecule has 0 spiro atoms. The molecular weight excluding hydrogens is 382 g/mol. The van der Waals surface area contributed by atoms with Crippen LogP contribution in [-0.4, -0.2) is 39.2 Å². The van der Waals surface area contributed by atoms with Gasteiger partial charge in [0.1, 0.15) is 0 Å². The van der Waals surface area contributed by atoms with Crippen LogP contribution in [0.4, 0.5) is 0 Å².